The Balaban J connectivity index is 1.04. The first-order valence-electron chi connectivity index (χ1n) is 20.8. The summed E-state index contributed by atoms with van der Waals surface area (Å²) < 4.78 is 9.23. The van der Waals surface area contributed by atoms with Crippen molar-refractivity contribution in [3.63, 3.8) is 0 Å². The summed E-state index contributed by atoms with van der Waals surface area (Å²) in [7, 11) is 0. The number of rotatable bonds is 7. The Bertz CT molecular complexity index is 3530. The minimum Gasteiger partial charge on any atom is -0.454 e. The molecule has 0 fully saturated rings. The zero-order valence-corrected chi connectivity index (χ0v) is 33.5. The predicted octanol–water partition coefficient (Wildman–Crippen LogP) is 14.9. The molecule has 0 radical (unpaired) electrons. The topological polar surface area (TPSA) is 56.7 Å². The SMILES string of the molecule is c1ccc(-c2cccc(-c3nc(-c4cccc(-c5ccccc5)c4)nc(-c4ccc5oc6c(ccc7c8ccccc8n(-c8cccc(-c9ccccc9)c8)c76)c5c4)n3)c2)cc1. The van der Waals surface area contributed by atoms with Gasteiger partial charge in [-0.3, -0.25) is 0 Å². The van der Waals surface area contributed by atoms with E-state index in [1.807, 2.05) is 12.1 Å². The van der Waals surface area contributed by atoms with Gasteiger partial charge in [0.2, 0.25) is 0 Å². The van der Waals surface area contributed by atoms with Crippen molar-refractivity contribution in [3.05, 3.63) is 218 Å². The van der Waals surface area contributed by atoms with Gasteiger partial charge in [0.1, 0.15) is 5.58 Å². The van der Waals surface area contributed by atoms with Crippen LogP contribution in [0.15, 0.2) is 223 Å². The van der Waals surface area contributed by atoms with Crippen molar-refractivity contribution >= 4 is 43.7 Å². The van der Waals surface area contributed by atoms with Gasteiger partial charge in [-0.05, 0) is 88.0 Å². The van der Waals surface area contributed by atoms with Gasteiger partial charge in [-0.1, -0.05) is 164 Å². The smallest absolute Gasteiger partial charge is 0.164 e. The van der Waals surface area contributed by atoms with Gasteiger partial charge in [0.15, 0.2) is 23.1 Å². The third-order valence-corrected chi connectivity index (χ3v) is 11.8. The first kappa shape index (κ1) is 35.5. The molecule has 12 aromatic rings. The molecule has 0 amide bonds. The molecule has 12 rings (SSSR count). The molecule has 0 N–H and O–H groups in total. The molecule has 290 valence electrons. The molecule has 0 aliphatic carbocycles. The van der Waals surface area contributed by atoms with E-state index in [1.54, 1.807) is 0 Å². The average molecular weight is 793 g/mol. The number of nitrogens with zero attached hydrogens (tertiary/aromatic N) is 4. The zero-order chi connectivity index (χ0) is 41.0. The van der Waals surface area contributed by atoms with Crippen molar-refractivity contribution in [3.8, 4) is 73.2 Å². The van der Waals surface area contributed by atoms with Crippen LogP contribution in [0.3, 0.4) is 0 Å². The van der Waals surface area contributed by atoms with E-state index in [-0.39, 0.29) is 0 Å². The molecule has 0 saturated carbocycles. The van der Waals surface area contributed by atoms with Crippen molar-refractivity contribution in [1.29, 1.82) is 0 Å². The summed E-state index contributed by atoms with van der Waals surface area (Å²) in [6, 6.07) is 76.2. The van der Waals surface area contributed by atoms with Gasteiger partial charge < -0.3 is 8.98 Å². The van der Waals surface area contributed by atoms with Gasteiger partial charge in [-0.25, -0.2) is 15.0 Å². The van der Waals surface area contributed by atoms with E-state index in [4.69, 9.17) is 19.4 Å². The fourth-order valence-electron chi connectivity index (χ4n) is 8.84. The number of hydrogen-bond donors (Lipinski definition) is 0. The highest BCUT2D eigenvalue weighted by molar-refractivity contribution is 6.21. The van der Waals surface area contributed by atoms with Crippen LogP contribution in [-0.4, -0.2) is 19.5 Å². The highest BCUT2D eigenvalue weighted by Gasteiger charge is 2.21. The summed E-state index contributed by atoms with van der Waals surface area (Å²) in [5.74, 6) is 1.80. The van der Waals surface area contributed by atoms with Crippen LogP contribution in [0.4, 0.5) is 0 Å². The van der Waals surface area contributed by atoms with E-state index in [0.29, 0.717) is 17.5 Å². The van der Waals surface area contributed by atoms with E-state index in [0.717, 1.165) is 88.6 Å². The molecule has 0 saturated heterocycles. The van der Waals surface area contributed by atoms with Crippen LogP contribution >= 0.6 is 0 Å². The second kappa shape index (κ2) is 14.7. The first-order chi connectivity index (χ1) is 30.7. The van der Waals surface area contributed by atoms with Gasteiger partial charge in [0, 0.05) is 43.9 Å². The van der Waals surface area contributed by atoms with Crippen molar-refractivity contribution in [2.75, 3.05) is 0 Å². The van der Waals surface area contributed by atoms with Crippen LogP contribution in [0, 0.1) is 0 Å². The van der Waals surface area contributed by atoms with Crippen molar-refractivity contribution in [1.82, 2.24) is 19.5 Å². The lowest BCUT2D eigenvalue weighted by atomic mass is 10.0. The monoisotopic (exact) mass is 792 g/mol. The second-order valence-electron chi connectivity index (χ2n) is 15.6. The molecule has 3 aromatic heterocycles. The molecule has 5 nitrogen and oxygen atoms in total. The number of aromatic nitrogens is 4. The molecule has 0 aliphatic rings. The van der Waals surface area contributed by atoms with Crippen LogP contribution in [0.5, 0.6) is 0 Å². The summed E-state index contributed by atoms with van der Waals surface area (Å²) in [4.78, 5) is 15.5. The van der Waals surface area contributed by atoms with Crippen LogP contribution in [0.25, 0.3) is 117 Å². The molecule has 0 unspecified atom stereocenters. The molecule has 0 aliphatic heterocycles. The molecule has 0 atom stereocenters. The molecule has 5 heteroatoms. The molecule has 3 heterocycles. The summed E-state index contributed by atoms with van der Waals surface area (Å²) in [6.45, 7) is 0. The minimum atomic E-state index is 0.587. The number of benzene rings is 9. The maximum Gasteiger partial charge on any atom is 0.164 e. The number of hydrogen-bond acceptors (Lipinski definition) is 4. The lowest BCUT2D eigenvalue weighted by Crippen LogP contribution is -2.00. The lowest BCUT2D eigenvalue weighted by molar-refractivity contribution is 0.671. The molecule has 62 heavy (non-hydrogen) atoms. The lowest BCUT2D eigenvalue weighted by Gasteiger charge is -2.11. The Morgan fingerprint density at radius 1 is 0.306 bits per heavy atom. The largest absolute Gasteiger partial charge is 0.454 e. The van der Waals surface area contributed by atoms with Gasteiger partial charge in [0.05, 0.1) is 11.0 Å². The average Bonchev–Trinajstić information content (AvgIpc) is 3.90. The number of fused-ring (bicyclic) bond motifs is 7. The highest BCUT2D eigenvalue weighted by atomic mass is 16.3. The van der Waals surface area contributed by atoms with E-state index >= 15 is 0 Å². The van der Waals surface area contributed by atoms with Crippen molar-refractivity contribution < 1.29 is 4.42 Å². The normalized spacial score (nSPS) is 11.5. The van der Waals surface area contributed by atoms with E-state index in [2.05, 4.69) is 211 Å². The van der Waals surface area contributed by atoms with Gasteiger partial charge >= 0.3 is 0 Å². The quantitative estimate of drug-likeness (QED) is 0.161. The van der Waals surface area contributed by atoms with E-state index < -0.39 is 0 Å². The molecule has 9 aromatic carbocycles. The molecule has 0 bridgehead atoms. The summed E-state index contributed by atoms with van der Waals surface area (Å²) in [6.07, 6.45) is 0. The molecular weight excluding hydrogens is 757 g/mol. The van der Waals surface area contributed by atoms with Crippen LogP contribution in [0.2, 0.25) is 0 Å². The highest BCUT2D eigenvalue weighted by Crippen LogP contribution is 2.42. The zero-order valence-electron chi connectivity index (χ0n) is 33.5. The van der Waals surface area contributed by atoms with Crippen molar-refractivity contribution in [2.45, 2.75) is 0 Å². The van der Waals surface area contributed by atoms with Gasteiger partial charge in [0.25, 0.3) is 0 Å². The van der Waals surface area contributed by atoms with E-state index in [1.165, 1.54) is 10.9 Å². The Morgan fingerprint density at radius 3 is 1.37 bits per heavy atom. The maximum absolute atomic E-state index is 6.89. The Kier molecular flexibility index (Phi) is 8.42. The minimum absolute atomic E-state index is 0.587. The van der Waals surface area contributed by atoms with Crippen molar-refractivity contribution in [2.24, 2.45) is 0 Å². The van der Waals surface area contributed by atoms with E-state index in [9.17, 15) is 0 Å². The maximum atomic E-state index is 6.89. The fourth-order valence-corrected chi connectivity index (χ4v) is 8.84. The number of furan rings is 1. The third kappa shape index (κ3) is 6.14. The Hall–Kier alpha value is -8.41. The van der Waals surface area contributed by atoms with Gasteiger partial charge in [-0.2, -0.15) is 0 Å². The molecule has 0 spiro atoms. The Labute approximate surface area is 357 Å². The predicted molar refractivity (Wildman–Crippen MR) is 254 cm³/mol. The fraction of sp³-hybridized carbons (Fsp3) is 0. The number of para-hydroxylation sites is 1. The first-order valence-corrected chi connectivity index (χ1v) is 20.8. The molecular formula is C57H36N4O. The van der Waals surface area contributed by atoms with Crippen LogP contribution < -0.4 is 0 Å². The summed E-state index contributed by atoms with van der Waals surface area (Å²) in [5, 5.41) is 4.33. The summed E-state index contributed by atoms with van der Waals surface area (Å²) in [5.41, 5.74) is 14.4. The third-order valence-electron chi connectivity index (χ3n) is 11.8. The Morgan fingerprint density at radius 2 is 0.774 bits per heavy atom. The van der Waals surface area contributed by atoms with Gasteiger partial charge in [-0.15, -0.1) is 0 Å². The standard InChI is InChI=1S/C57H36N4O/c1-4-15-37(16-5-1)40-21-12-24-43(33-40)55-58-56(44-25-13-22-41(34-44)38-17-6-2-7-18-38)60-57(59-55)45-29-32-52-50(36-45)49-31-30-48-47-27-10-11-28-51(47)61(53(48)54(49)62-52)46-26-14-23-42(35-46)39-19-8-3-9-20-39/h1-36H. The van der Waals surface area contributed by atoms with Crippen LogP contribution in [0.1, 0.15) is 0 Å². The second-order valence-corrected chi connectivity index (χ2v) is 15.6. The summed E-state index contributed by atoms with van der Waals surface area (Å²) >= 11 is 0. The van der Waals surface area contributed by atoms with Crippen LogP contribution in [-0.2, 0) is 0 Å².